The molecule has 27 heavy (non-hydrogen) atoms. The third kappa shape index (κ3) is 4.63. The van der Waals surface area contributed by atoms with Crippen LogP contribution < -0.4 is 10.0 Å². The number of carbonyl (C=O) groups is 1. The average Bonchev–Trinajstić information content (AvgIpc) is 2.81. The average molecular weight is 408 g/mol. The molecule has 12 heteroatoms. The van der Waals surface area contributed by atoms with Crippen LogP contribution in [0.15, 0.2) is 29.4 Å². The highest BCUT2D eigenvalue weighted by molar-refractivity contribution is 7.89. The minimum atomic E-state index is -4.72. The second-order valence-electron chi connectivity index (χ2n) is 5.92. The Hall–Kier alpha value is -2.47. The first-order valence-corrected chi connectivity index (χ1v) is 9.03. The molecule has 0 aromatic carbocycles. The molecule has 2 aromatic rings. The molecule has 2 heterocycles. The van der Waals surface area contributed by atoms with Crippen LogP contribution >= 0.6 is 0 Å². The van der Waals surface area contributed by atoms with Crippen LogP contribution in [0.3, 0.4) is 0 Å². The SMILES string of the molecule is CC(C)NS(=O)(=O)c1cn(C)c(C(=O)Nc2ccnc(C(F)(F)F)c2)c1F. The predicted octanol–water partition coefficient (Wildman–Crippen LogP) is 2.52. The van der Waals surface area contributed by atoms with Crippen LogP contribution in [0.4, 0.5) is 23.2 Å². The van der Waals surface area contributed by atoms with Crippen molar-refractivity contribution in [3.63, 3.8) is 0 Å². The van der Waals surface area contributed by atoms with Gasteiger partial charge in [-0.3, -0.25) is 9.78 Å². The molecule has 2 N–H and O–H groups in total. The Balaban J connectivity index is 2.36. The van der Waals surface area contributed by atoms with E-state index >= 15 is 0 Å². The first-order chi connectivity index (χ1) is 12.3. The third-order valence-electron chi connectivity index (χ3n) is 3.29. The van der Waals surface area contributed by atoms with Crippen LogP contribution in [-0.4, -0.2) is 29.9 Å². The summed E-state index contributed by atoms with van der Waals surface area (Å²) in [5, 5.41) is 2.10. The number of pyridine rings is 1. The fourth-order valence-corrected chi connectivity index (χ4v) is 3.62. The van der Waals surface area contributed by atoms with Gasteiger partial charge in [0.1, 0.15) is 16.3 Å². The number of hydrogen-bond acceptors (Lipinski definition) is 4. The van der Waals surface area contributed by atoms with Gasteiger partial charge in [0.15, 0.2) is 5.82 Å². The Labute approximate surface area is 152 Å². The first kappa shape index (κ1) is 20.8. The Bertz CT molecular complexity index is 968. The first-order valence-electron chi connectivity index (χ1n) is 7.54. The van der Waals surface area contributed by atoms with E-state index in [1.165, 1.54) is 20.9 Å². The molecule has 0 unspecified atom stereocenters. The fraction of sp³-hybridized carbons (Fsp3) is 0.333. The van der Waals surface area contributed by atoms with E-state index in [1.54, 1.807) is 0 Å². The number of aryl methyl sites for hydroxylation is 1. The van der Waals surface area contributed by atoms with Crippen LogP contribution in [0.25, 0.3) is 0 Å². The lowest BCUT2D eigenvalue weighted by molar-refractivity contribution is -0.141. The lowest BCUT2D eigenvalue weighted by Gasteiger charge is -2.09. The molecule has 2 aromatic heterocycles. The smallest absolute Gasteiger partial charge is 0.343 e. The number of amides is 1. The van der Waals surface area contributed by atoms with Crippen molar-refractivity contribution in [2.75, 3.05) is 5.32 Å². The molecule has 0 atom stereocenters. The van der Waals surface area contributed by atoms with Gasteiger partial charge in [-0.15, -0.1) is 0 Å². The quantitative estimate of drug-likeness (QED) is 0.744. The van der Waals surface area contributed by atoms with Gasteiger partial charge in [-0.25, -0.2) is 17.5 Å². The van der Waals surface area contributed by atoms with Crippen molar-refractivity contribution >= 4 is 21.6 Å². The number of nitrogens with zero attached hydrogens (tertiary/aromatic N) is 2. The summed E-state index contributed by atoms with van der Waals surface area (Å²) in [6, 6.07) is 1.16. The molecule has 1 amide bonds. The molecule has 0 saturated heterocycles. The van der Waals surface area contributed by atoms with Crippen molar-refractivity contribution in [2.24, 2.45) is 7.05 Å². The zero-order valence-electron chi connectivity index (χ0n) is 14.4. The molecular weight excluding hydrogens is 392 g/mol. The number of nitrogens with one attached hydrogen (secondary N) is 2. The highest BCUT2D eigenvalue weighted by Crippen LogP contribution is 2.29. The van der Waals surface area contributed by atoms with Crippen molar-refractivity contribution < 1.29 is 30.8 Å². The molecule has 0 aliphatic rings. The predicted molar refractivity (Wildman–Crippen MR) is 88.0 cm³/mol. The maximum absolute atomic E-state index is 14.6. The third-order valence-corrected chi connectivity index (χ3v) is 4.94. The summed E-state index contributed by atoms with van der Waals surface area (Å²) in [4.78, 5) is 14.7. The molecule has 0 radical (unpaired) electrons. The van der Waals surface area contributed by atoms with E-state index < -0.39 is 50.2 Å². The number of aromatic nitrogens is 2. The fourth-order valence-electron chi connectivity index (χ4n) is 2.24. The number of sulfonamides is 1. The van der Waals surface area contributed by atoms with E-state index in [0.29, 0.717) is 6.07 Å². The second-order valence-corrected chi connectivity index (χ2v) is 7.61. The van der Waals surface area contributed by atoms with Crippen molar-refractivity contribution in [3.05, 3.63) is 41.7 Å². The molecule has 2 rings (SSSR count). The van der Waals surface area contributed by atoms with Crippen LogP contribution in [0.1, 0.15) is 30.0 Å². The van der Waals surface area contributed by atoms with Crippen molar-refractivity contribution in [1.29, 1.82) is 0 Å². The zero-order valence-corrected chi connectivity index (χ0v) is 15.2. The van der Waals surface area contributed by atoms with Crippen LogP contribution in [-0.2, 0) is 23.2 Å². The Morgan fingerprint density at radius 1 is 1.30 bits per heavy atom. The van der Waals surface area contributed by atoms with Gasteiger partial charge in [0, 0.05) is 31.2 Å². The molecule has 0 aliphatic heterocycles. The summed E-state index contributed by atoms with van der Waals surface area (Å²) in [7, 11) is -2.97. The van der Waals surface area contributed by atoms with E-state index in [0.717, 1.165) is 23.0 Å². The summed E-state index contributed by atoms with van der Waals surface area (Å²) in [5.74, 6) is -2.42. The number of rotatable bonds is 5. The van der Waals surface area contributed by atoms with Gasteiger partial charge >= 0.3 is 6.18 Å². The highest BCUT2D eigenvalue weighted by Gasteiger charge is 2.33. The number of halogens is 4. The highest BCUT2D eigenvalue weighted by atomic mass is 32.2. The van der Waals surface area contributed by atoms with Gasteiger partial charge in [0.25, 0.3) is 5.91 Å². The van der Waals surface area contributed by atoms with Crippen molar-refractivity contribution in [1.82, 2.24) is 14.3 Å². The molecule has 0 spiro atoms. The number of anilines is 1. The standard InChI is InChI=1S/C15H16F4N4O3S/c1-8(2)22-27(25,26)10-7-23(3)13(12(10)16)14(24)21-9-4-5-20-11(6-9)15(17,18)19/h4-8,22H,1-3H3,(H,20,21,24). The molecule has 0 aliphatic carbocycles. The summed E-state index contributed by atoms with van der Waals surface area (Å²) in [6.45, 7) is 3.07. The van der Waals surface area contributed by atoms with Gasteiger partial charge in [0.05, 0.1) is 0 Å². The summed E-state index contributed by atoms with van der Waals surface area (Å²) in [6.07, 6.45) is -2.98. The number of hydrogen-bond donors (Lipinski definition) is 2. The largest absolute Gasteiger partial charge is 0.433 e. The summed E-state index contributed by atoms with van der Waals surface area (Å²) < 4.78 is 80.0. The van der Waals surface area contributed by atoms with Gasteiger partial charge in [0.2, 0.25) is 10.0 Å². The lowest BCUT2D eigenvalue weighted by Crippen LogP contribution is -2.30. The molecule has 0 fully saturated rings. The van der Waals surface area contributed by atoms with E-state index in [4.69, 9.17) is 0 Å². The van der Waals surface area contributed by atoms with Crippen LogP contribution in [0.2, 0.25) is 0 Å². The normalized spacial score (nSPS) is 12.4. The minimum Gasteiger partial charge on any atom is -0.343 e. The van der Waals surface area contributed by atoms with Gasteiger partial charge < -0.3 is 9.88 Å². The van der Waals surface area contributed by atoms with Crippen LogP contribution in [0.5, 0.6) is 0 Å². The van der Waals surface area contributed by atoms with Gasteiger partial charge in [-0.05, 0) is 26.0 Å². The van der Waals surface area contributed by atoms with Crippen LogP contribution in [0, 0.1) is 5.82 Å². The van der Waals surface area contributed by atoms with E-state index in [9.17, 15) is 30.8 Å². The van der Waals surface area contributed by atoms with E-state index in [-0.39, 0.29) is 5.69 Å². The van der Waals surface area contributed by atoms with Crippen molar-refractivity contribution in [2.45, 2.75) is 31.0 Å². The minimum absolute atomic E-state index is 0.271. The molecule has 0 saturated carbocycles. The number of alkyl halides is 3. The van der Waals surface area contributed by atoms with E-state index in [2.05, 4.69) is 15.0 Å². The maximum Gasteiger partial charge on any atom is 0.433 e. The molecule has 148 valence electrons. The summed E-state index contributed by atoms with van der Waals surface area (Å²) in [5.41, 5.74) is -2.16. The van der Waals surface area contributed by atoms with Gasteiger partial charge in [-0.2, -0.15) is 13.2 Å². The molecule has 7 nitrogen and oxygen atoms in total. The van der Waals surface area contributed by atoms with Crippen molar-refractivity contribution in [3.8, 4) is 0 Å². The topological polar surface area (TPSA) is 93.1 Å². The zero-order chi connectivity index (χ0) is 20.6. The lowest BCUT2D eigenvalue weighted by atomic mass is 10.3. The number of carbonyl (C=O) groups excluding carboxylic acids is 1. The Kier molecular flexibility index (Phi) is 5.61. The van der Waals surface area contributed by atoms with Gasteiger partial charge in [-0.1, -0.05) is 0 Å². The Morgan fingerprint density at radius 2 is 1.93 bits per heavy atom. The maximum atomic E-state index is 14.6. The molecule has 0 bridgehead atoms. The molecular formula is C15H16F4N4O3S. The monoisotopic (exact) mass is 408 g/mol. The second kappa shape index (κ2) is 7.27. The van der Waals surface area contributed by atoms with E-state index in [1.807, 2.05) is 0 Å². The summed E-state index contributed by atoms with van der Waals surface area (Å²) >= 11 is 0. The Morgan fingerprint density at radius 3 is 2.48 bits per heavy atom.